The molecule has 19 heavy (non-hydrogen) atoms. The number of amides is 1. The smallest absolute Gasteiger partial charge is 0.223 e. The predicted octanol–water partition coefficient (Wildman–Crippen LogP) is 1.69. The van der Waals surface area contributed by atoms with E-state index in [1.807, 2.05) is 24.3 Å². The highest BCUT2D eigenvalue weighted by molar-refractivity contribution is 5.80. The summed E-state index contributed by atoms with van der Waals surface area (Å²) in [7, 11) is 0. The monoisotopic (exact) mass is 256 g/mol. The Balaban J connectivity index is 1.63. The molecule has 1 heterocycles. The van der Waals surface area contributed by atoms with E-state index in [-0.39, 0.29) is 11.8 Å². The van der Waals surface area contributed by atoms with E-state index < -0.39 is 0 Å². The molecular weight excluding hydrogens is 240 g/mol. The number of hydrogen-bond donors (Lipinski definition) is 3. The number of nitrogen functional groups attached to an aromatic ring is 1. The molecule has 1 aromatic heterocycles. The molecule has 1 aliphatic rings. The SMILES string of the molecule is Nc1ncc(-c2ccc(CNC(=O)C3CC3)cc2)[nH]1. The molecule has 1 amide bonds. The predicted molar refractivity (Wildman–Crippen MR) is 73.0 cm³/mol. The van der Waals surface area contributed by atoms with Gasteiger partial charge < -0.3 is 16.0 Å². The van der Waals surface area contributed by atoms with Crippen LogP contribution in [0, 0.1) is 5.92 Å². The van der Waals surface area contributed by atoms with Gasteiger partial charge in [0.15, 0.2) is 5.95 Å². The van der Waals surface area contributed by atoms with E-state index in [0.717, 1.165) is 29.7 Å². The minimum absolute atomic E-state index is 0.172. The number of rotatable bonds is 4. The van der Waals surface area contributed by atoms with Crippen molar-refractivity contribution in [2.24, 2.45) is 5.92 Å². The van der Waals surface area contributed by atoms with Crippen molar-refractivity contribution in [1.82, 2.24) is 15.3 Å². The third kappa shape index (κ3) is 2.76. The van der Waals surface area contributed by atoms with E-state index in [1.54, 1.807) is 6.20 Å². The van der Waals surface area contributed by atoms with E-state index in [1.165, 1.54) is 0 Å². The number of carbonyl (C=O) groups excluding carboxylic acids is 1. The largest absolute Gasteiger partial charge is 0.369 e. The Morgan fingerprint density at radius 2 is 2.11 bits per heavy atom. The average Bonchev–Trinajstić information content (AvgIpc) is 3.19. The van der Waals surface area contributed by atoms with Gasteiger partial charge in [-0.3, -0.25) is 4.79 Å². The number of aromatic amines is 1. The number of imidazole rings is 1. The average molecular weight is 256 g/mol. The lowest BCUT2D eigenvalue weighted by Crippen LogP contribution is -2.24. The standard InChI is InChI=1S/C14H16N4O/c15-14-17-8-12(18-14)10-3-1-9(2-4-10)7-16-13(19)11-5-6-11/h1-4,8,11H,5-7H2,(H,16,19)(H3,15,17,18). The minimum Gasteiger partial charge on any atom is -0.369 e. The van der Waals surface area contributed by atoms with Crippen molar-refractivity contribution in [2.45, 2.75) is 19.4 Å². The van der Waals surface area contributed by atoms with E-state index in [9.17, 15) is 4.79 Å². The van der Waals surface area contributed by atoms with Gasteiger partial charge in [-0.2, -0.15) is 0 Å². The zero-order chi connectivity index (χ0) is 13.2. The molecule has 0 spiro atoms. The number of hydrogen-bond acceptors (Lipinski definition) is 3. The Kier molecular flexibility index (Phi) is 2.95. The summed E-state index contributed by atoms with van der Waals surface area (Å²) in [5.74, 6) is 0.841. The van der Waals surface area contributed by atoms with Crippen LogP contribution in [-0.4, -0.2) is 15.9 Å². The summed E-state index contributed by atoms with van der Waals surface area (Å²) in [6, 6.07) is 7.98. The van der Waals surface area contributed by atoms with Crippen LogP contribution >= 0.6 is 0 Å². The van der Waals surface area contributed by atoms with E-state index in [4.69, 9.17) is 5.73 Å². The summed E-state index contributed by atoms with van der Waals surface area (Å²) < 4.78 is 0. The molecule has 0 radical (unpaired) electrons. The highest BCUT2D eigenvalue weighted by atomic mass is 16.2. The van der Waals surface area contributed by atoms with Crippen molar-refractivity contribution in [1.29, 1.82) is 0 Å². The Labute approximate surface area is 111 Å². The normalized spacial score (nSPS) is 14.3. The van der Waals surface area contributed by atoms with E-state index in [2.05, 4.69) is 15.3 Å². The molecular formula is C14H16N4O. The summed E-state index contributed by atoms with van der Waals surface area (Å²) in [5, 5.41) is 2.95. The lowest BCUT2D eigenvalue weighted by Gasteiger charge is -2.05. The third-order valence-electron chi connectivity index (χ3n) is 3.28. The number of H-pyrrole nitrogens is 1. The molecule has 5 heteroatoms. The Morgan fingerprint density at radius 1 is 1.37 bits per heavy atom. The van der Waals surface area contributed by atoms with Crippen LogP contribution in [0.25, 0.3) is 11.3 Å². The molecule has 0 aliphatic heterocycles. The molecule has 4 N–H and O–H groups in total. The van der Waals surface area contributed by atoms with Crippen LogP contribution in [0.15, 0.2) is 30.5 Å². The molecule has 0 saturated heterocycles. The molecule has 1 aromatic carbocycles. The molecule has 5 nitrogen and oxygen atoms in total. The van der Waals surface area contributed by atoms with Gasteiger partial charge in [-0.1, -0.05) is 24.3 Å². The van der Waals surface area contributed by atoms with Gasteiger partial charge in [-0.25, -0.2) is 4.98 Å². The Hall–Kier alpha value is -2.30. The second-order valence-corrected chi connectivity index (χ2v) is 4.87. The quantitative estimate of drug-likeness (QED) is 0.778. The summed E-state index contributed by atoms with van der Waals surface area (Å²) >= 11 is 0. The minimum atomic E-state index is 0.172. The van der Waals surface area contributed by atoms with Crippen LogP contribution in [0.3, 0.4) is 0 Å². The van der Waals surface area contributed by atoms with Crippen LogP contribution < -0.4 is 11.1 Å². The molecule has 1 saturated carbocycles. The maximum absolute atomic E-state index is 11.5. The van der Waals surface area contributed by atoms with Crippen LogP contribution in [0.5, 0.6) is 0 Å². The number of nitrogens with two attached hydrogens (primary N) is 1. The van der Waals surface area contributed by atoms with Crippen molar-refractivity contribution >= 4 is 11.9 Å². The Bertz CT molecular complexity index is 584. The summed E-state index contributed by atoms with van der Waals surface area (Å²) in [6.45, 7) is 0.584. The fourth-order valence-corrected chi connectivity index (χ4v) is 1.96. The van der Waals surface area contributed by atoms with Crippen molar-refractivity contribution < 1.29 is 4.79 Å². The maximum Gasteiger partial charge on any atom is 0.223 e. The van der Waals surface area contributed by atoms with Crippen molar-refractivity contribution in [3.63, 3.8) is 0 Å². The first kappa shape index (κ1) is 11.8. The molecule has 3 rings (SSSR count). The molecule has 0 bridgehead atoms. The maximum atomic E-state index is 11.5. The van der Waals surface area contributed by atoms with Gasteiger partial charge >= 0.3 is 0 Å². The highest BCUT2D eigenvalue weighted by Gasteiger charge is 2.29. The topological polar surface area (TPSA) is 83.8 Å². The number of benzene rings is 1. The third-order valence-corrected chi connectivity index (χ3v) is 3.28. The molecule has 98 valence electrons. The fourth-order valence-electron chi connectivity index (χ4n) is 1.96. The zero-order valence-electron chi connectivity index (χ0n) is 10.5. The van der Waals surface area contributed by atoms with Crippen LogP contribution in [0.2, 0.25) is 0 Å². The van der Waals surface area contributed by atoms with Crippen LogP contribution in [0.4, 0.5) is 5.95 Å². The lowest BCUT2D eigenvalue weighted by atomic mass is 10.1. The van der Waals surface area contributed by atoms with Crippen molar-refractivity contribution in [3.8, 4) is 11.3 Å². The van der Waals surface area contributed by atoms with Gasteiger partial charge in [0.05, 0.1) is 11.9 Å². The van der Waals surface area contributed by atoms with Gasteiger partial charge in [0.25, 0.3) is 0 Å². The first-order chi connectivity index (χ1) is 9.22. The summed E-state index contributed by atoms with van der Waals surface area (Å²) in [5.41, 5.74) is 8.56. The number of anilines is 1. The number of aromatic nitrogens is 2. The first-order valence-electron chi connectivity index (χ1n) is 6.40. The van der Waals surface area contributed by atoms with Gasteiger partial charge in [-0.05, 0) is 24.0 Å². The first-order valence-corrected chi connectivity index (χ1v) is 6.40. The zero-order valence-corrected chi connectivity index (χ0v) is 10.5. The summed E-state index contributed by atoms with van der Waals surface area (Å²) in [4.78, 5) is 18.5. The van der Waals surface area contributed by atoms with E-state index >= 15 is 0 Å². The molecule has 2 aromatic rings. The van der Waals surface area contributed by atoms with Gasteiger partial charge in [0, 0.05) is 12.5 Å². The second-order valence-electron chi connectivity index (χ2n) is 4.87. The van der Waals surface area contributed by atoms with Crippen molar-refractivity contribution in [3.05, 3.63) is 36.0 Å². The fraction of sp³-hybridized carbons (Fsp3) is 0.286. The van der Waals surface area contributed by atoms with Gasteiger partial charge in [-0.15, -0.1) is 0 Å². The molecule has 1 fully saturated rings. The molecule has 0 atom stereocenters. The summed E-state index contributed by atoms with van der Waals surface area (Å²) in [6.07, 6.45) is 3.78. The van der Waals surface area contributed by atoms with Gasteiger partial charge in [0.2, 0.25) is 5.91 Å². The Morgan fingerprint density at radius 3 is 2.68 bits per heavy atom. The number of nitrogens with one attached hydrogen (secondary N) is 2. The highest BCUT2D eigenvalue weighted by Crippen LogP contribution is 2.28. The number of nitrogens with zero attached hydrogens (tertiary/aromatic N) is 1. The van der Waals surface area contributed by atoms with E-state index in [0.29, 0.717) is 12.5 Å². The van der Waals surface area contributed by atoms with Crippen molar-refractivity contribution in [2.75, 3.05) is 5.73 Å². The lowest BCUT2D eigenvalue weighted by molar-refractivity contribution is -0.122. The van der Waals surface area contributed by atoms with Crippen LogP contribution in [0.1, 0.15) is 18.4 Å². The van der Waals surface area contributed by atoms with Crippen LogP contribution in [-0.2, 0) is 11.3 Å². The number of carbonyl (C=O) groups is 1. The molecule has 1 aliphatic carbocycles. The molecule has 0 unspecified atom stereocenters. The van der Waals surface area contributed by atoms with Gasteiger partial charge in [0.1, 0.15) is 0 Å². The second kappa shape index (κ2) is 4.76.